The summed E-state index contributed by atoms with van der Waals surface area (Å²) in [6.45, 7) is 6.04. The summed E-state index contributed by atoms with van der Waals surface area (Å²) in [4.78, 5) is 19.9. The monoisotopic (exact) mass is 346 g/mol. The first-order chi connectivity index (χ1) is 11.5. The van der Waals surface area contributed by atoms with E-state index < -0.39 is 0 Å². The molecule has 1 aromatic carbocycles. The second-order valence-corrected chi connectivity index (χ2v) is 7.15. The fourth-order valence-corrected chi connectivity index (χ4v) is 3.74. The average molecular weight is 346 g/mol. The number of aromatic nitrogens is 1. The topological polar surface area (TPSA) is 66.5 Å². The zero-order valence-electron chi connectivity index (χ0n) is 14.2. The van der Waals surface area contributed by atoms with Gasteiger partial charge in [-0.3, -0.25) is 5.32 Å². The van der Waals surface area contributed by atoms with Gasteiger partial charge >= 0.3 is 6.03 Å². The van der Waals surface area contributed by atoms with Crippen LogP contribution in [-0.4, -0.2) is 36.2 Å². The quantitative estimate of drug-likeness (QED) is 0.836. The number of benzene rings is 1. The SMILES string of the molecule is Cc1ccc(OCNC(=O)Nc2nc3c(s2)CN(C)CC3)c(C)c1. The summed E-state index contributed by atoms with van der Waals surface area (Å²) in [5.41, 5.74) is 3.33. The Morgan fingerprint density at radius 3 is 3.04 bits per heavy atom. The summed E-state index contributed by atoms with van der Waals surface area (Å²) >= 11 is 1.54. The number of urea groups is 1. The summed E-state index contributed by atoms with van der Waals surface area (Å²) in [5.74, 6) is 0.772. The Kier molecular flexibility index (Phi) is 5.01. The van der Waals surface area contributed by atoms with Crippen LogP contribution in [0.25, 0.3) is 0 Å². The van der Waals surface area contributed by atoms with Crippen molar-refractivity contribution in [2.75, 3.05) is 25.6 Å². The Labute approximate surface area is 145 Å². The molecule has 2 aromatic rings. The molecule has 1 aliphatic heterocycles. The molecule has 1 aromatic heterocycles. The van der Waals surface area contributed by atoms with Crippen LogP contribution in [0.4, 0.5) is 9.93 Å². The molecule has 0 aliphatic carbocycles. The van der Waals surface area contributed by atoms with Crippen molar-refractivity contribution in [1.29, 1.82) is 0 Å². The second-order valence-electron chi connectivity index (χ2n) is 6.07. The maximum atomic E-state index is 12.0. The fraction of sp³-hybridized carbons (Fsp3) is 0.412. The van der Waals surface area contributed by atoms with Crippen molar-refractivity contribution in [3.05, 3.63) is 39.9 Å². The van der Waals surface area contributed by atoms with Crippen LogP contribution in [0, 0.1) is 13.8 Å². The Morgan fingerprint density at radius 2 is 2.25 bits per heavy atom. The molecule has 7 heteroatoms. The molecule has 0 spiro atoms. The second kappa shape index (κ2) is 7.19. The number of rotatable bonds is 4. The molecule has 0 radical (unpaired) electrons. The number of hydrogen-bond donors (Lipinski definition) is 2. The summed E-state index contributed by atoms with van der Waals surface area (Å²) in [6, 6.07) is 5.64. The molecule has 2 N–H and O–H groups in total. The number of hydrogen-bond acceptors (Lipinski definition) is 5. The molecule has 0 saturated heterocycles. The largest absolute Gasteiger partial charge is 0.473 e. The molecular weight excluding hydrogens is 324 g/mol. The van der Waals surface area contributed by atoms with Crippen LogP contribution in [0.15, 0.2) is 18.2 Å². The first-order valence-electron chi connectivity index (χ1n) is 7.93. The minimum Gasteiger partial charge on any atom is -0.473 e. The highest BCUT2D eigenvalue weighted by atomic mass is 32.1. The van der Waals surface area contributed by atoms with E-state index in [4.69, 9.17) is 4.74 Å². The van der Waals surface area contributed by atoms with Gasteiger partial charge in [0.25, 0.3) is 0 Å². The number of nitrogens with zero attached hydrogens (tertiary/aromatic N) is 2. The standard InChI is InChI=1S/C17H22N4O2S/c1-11-4-5-14(12(2)8-11)23-10-18-16(22)20-17-19-13-6-7-21(3)9-15(13)24-17/h4-5,8H,6-7,9-10H2,1-3H3,(H2,18,19,20,22). The van der Waals surface area contributed by atoms with Crippen LogP contribution in [0.5, 0.6) is 5.75 Å². The van der Waals surface area contributed by atoms with Gasteiger partial charge in [-0.25, -0.2) is 9.78 Å². The van der Waals surface area contributed by atoms with Crippen molar-refractivity contribution < 1.29 is 9.53 Å². The lowest BCUT2D eigenvalue weighted by Gasteiger charge is -2.20. The van der Waals surface area contributed by atoms with Crippen LogP contribution in [0.3, 0.4) is 0 Å². The van der Waals surface area contributed by atoms with E-state index in [1.165, 1.54) is 21.8 Å². The Bertz CT molecular complexity index is 744. The first kappa shape index (κ1) is 16.7. The van der Waals surface area contributed by atoms with E-state index in [9.17, 15) is 4.79 Å². The number of likely N-dealkylation sites (N-methyl/N-ethyl adjacent to an activating group) is 1. The highest BCUT2D eigenvalue weighted by molar-refractivity contribution is 7.15. The van der Waals surface area contributed by atoms with Crippen molar-refractivity contribution in [3.63, 3.8) is 0 Å². The molecule has 0 atom stereocenters. The molecule has 0 saturated carbocycles. The van der Waals surface area contributed by atoms with E-state index in [0.29, 0.717) is 5.13 Å². The highest BCUT2D eigenvalue weighted by Gasteiger charge is 2.19. The van der Waals surface area contributed by atoms with Crippen LogP contribution < -0.4 is 15.4 Å². The fourth-order valence-electron chi connectivity index (χ4n) is 2.66. The van der Waals surface area contributed by atoms with E-state index in [0.717, 1.165) is 36.5 Å². The lowest BCUT2D eigenvalue weighted by molar-refractivity contribution is 0.234. The number of ether oxygens (including phenoxy) is 1. The molecule has 3 rings (SSSR count). The van der Waals surface area contributed by atoms with Crippen molar-refractivity contribution in [3.8, 4) is 5.75 Å². The number of carbonyl (C=O) groups is 1. The molecule has 128 valence electrons. The van der Waals surface area contributed by atoms with E-state index in [1.54, 1.807) is 0 Å². The molecule has 0 unspecified atom stereocenters. The molecule has 0 fully saturated rings. The van der Waals surface area contributed by atoms with Crippen LogP contribution in [0.1, 0.15) is 21.7 Å². The first-order valence-corrected chi connectivity index (χ1v) is 8.75. The van der Waals surface area contributed by atoms with Crippen LogP contribution in [-0.2, 0) is 13.0 Å². The predicted octanol–water partition coefficient (Wildman–Crippen LogP) is 2.91. The summed E-state index contributed by atoms with van der Waals surface area (Å²) < 4.78 is 5.60. The molecule has 24 heavy (non-hydrogen) atoms. The summed E-state index contributed by atoms with van der Waals surface area (Å²) in [7, 11) is 2.09. The van der Waals surface area contributed by atoms with Crippen molar-refractivity contribution in [2.45, 2.75) is 26.8 Å². The van der Waals surface area contributed by atoms with Gasteiger partial charge in [-0.05, 0) is 32.5 Å². The number of anilines is 1. The minimum absolute atomic E-state index is 0.115. The summed E-state index contributed by atoms with van der Waals surface area (Å²) in [5, 5.41) is 6.12. The number of aryl methyl sites for hydroxylation is 2. The Morgan fingerprint density at radius 1 is 1.42 bits per heavy atom. The molecular formula is C17H22N4O2S. The van der Waals surface area contributed by atoms with Gasteiger partial charge in [0, 0.05) is 24.4 Å². The lowest BCUT2D eigenvalue weighted by Crippen LogP contribution is -2.32. The summed E-state index contributed by atoms with van der Waals surface area (Å²) in [6.07, 6.45) is 0.932. The van der Waals surface area contributed by atoms with E-state index in [2.05, 4.69) is 27.6 Å². The van der Waals surface area contributed by atoms with Crippen LogP contribution >= 0.6 is 11.3 Å². The van der Waals surface area contributed by atoms with E-state index in [1.807, 2.05) is 32.0 Å². The van der Waals surface area contributed by atoms with E-state index >= 15 is 0 Å². The Hall–Kier alpha value is -2.12. The maximum absolute atomic E-state index is 12.0. The lowest BCUT2D eigenvalue weighted by atomic mass is 10.1. The van der Waals surface area contributed by atoms with Gasteiger partial charge < -0.3 is 15.0 Å². The van der Waals surface area contributed by atoms with Gasteiger partial charge in [-0.1, -0.05) is 17.7 Å². The molecule has 2 heterocycles. The van der Waals surface area contributed by atoms with Crippen molar-refractivity contribution >= 4 is 22.5 Å². The number of amides is 2. The van der Waals surface area contributed by atoms with Crippen molar-refractivity contribution in [2.24, 2.45) is 0 Å². The number of fused-ring (bicyclic) bond motifs is 1. The van der Waals surface area contributed by atoms with Gasteiger partial charge in [0.05, 0.1) is 5.69 Å². The van der Waals surface area contributed by atoms with Gasteiger partial charge in [0.1, 0.15) is 5.75 Å². The average Bonchev–Trinajstić information content (AvgIpc) is 2.90. The van der Waals surface area contributed by atoms with Gasteiger partial charge in [0.2, 0.25) is 0 Å². The van der Waals surface area contributed by atoms with Gasteiger partial charge in [-0.15, -0.1) is 11.3 Å². The third kappa shape index (κ3) is 4.04. The minimum atomic E-state index is -0.306. The maximum Gasteiger partial charge on any atom is 0.323 e. The number of thiazole rings is 1. The third-order valence-electron chi connectivity index (χ3n) is 3.93. The number of carbonyl (C=O) groups excluding carboxylic acids is 1. The highest BCUT2D eigenvalue weighted by Crippen LogP contribution is 2.27. The third-order valence-corrected chi connectivity index (χ3v) is 4.93. The van der Waals surface area contributed by atoms with E-state index in [-0.39, 0.29) is 12.8 Å². The molecule has 6 nitrogen and oxygen atoms in total. The molecule has 0 bridgehead atoms. The predicted molar refractivity (Wildman–Crippen MR) is 95.7 cm³/mol. The van der Waals surface area contributed by atoms with Crippen molar-refractivity contribution in [1.82, 2.24) is 15.2 Å². The molecule has 1 aliphatic rings. The smallest absolute Gasteiger partial charge is 0.323 e. The van der Waals surface area contributed by atoms with Gasteiger partial charge in [-0.2, -0.15) is 0 Å². The zero-order valence-corrected chi connectivity index (χ0v) is 15.0. The number of nitrogens with one attached hydrogen (secondary N) is 2. The zero-order chi connectivity index (χ0) is 17.1. The van der Waals surface area contributed by atoms with Crippen LogP contribution in [0.2, 0.25) is 0 Å². The normalized spacial score (nSPS) is 14.1. The van der Waals surface area contributed by atoms with Gasteiger partial charge in [0.15, 0.2) is 11.9 Å². The molecule has 2 amide bonds. The Balaban J connectivity index is 1.49.